The molecule has 0 spiro atoms. The predicted octanol–water partition coefficient (Wildman–Crippen LogP) is 2.19. The Morgan fingerprint density at radius 2 is 2.08 bits per heavy atom. The van der Waals surface area contributed by atoms with Gasteiger partial charge in [-0.1, -0.05) is 6.08 Å². The highest BCUT2D eigenvalue weighted by molar-refractivity contribution is 5.00. The van der Waals surface area contributed by atoms with E-state index in [1.807, 2.05) is 6.08 Å². The minimum atomic E-state index is -0.0859. The van der Waals surface area contributed by atoms with Crippen molar-refractivity contribution in [2.75, 3.05) is 13.1 Å². The highest BCUT2D eigenvalue weighted by atomic mass is 15.2. The number of hydrogen-bond donors (Lipinski definition) is 0. The van der Waals surface area contributed by atoms with Gasteiger partial charge >= 0.3 is 0 Å². The first-order valence-electron chi connectivity index (χ1n) is 4.89. The Kier molecular flexibility index (Phi) is 3.11. The highest BCUT2D eigenvalue weighted by Gasteiger charge is 2.30. The summed E-state index contributed by atoms with van der Waals surface area (Å²) in [5.74, 6) is 0. The lowest BCUT2D eigenvalue weighted by atomic mass is 9.82. The zero-order valence-electron chi connectivity index (χ0n) is 8.58. The maximum Gasteiger partial charge on any atom is 0.0687 e. The molecule has 0 saturated carbocycles. The van der Waals surface area contributed by atoms with E-state index in [2.05, 4.69) is 31.4 Å². The van der Waals surface area contributed by atoms with Gasteiger partial charge in [-0.05, 0) is 26.7 Å². The van der Waals surface area contributed by atoms with Gasteiger partial charge in [-0.3, -0.25) is 4.90 Å². The Balaban J connectivity index is 2.48. The molecule has 1 aliphatic rings. The van der Waals surface area contributed by atoms with Crippen LogP contribution in [0.3, 0.4) is 0 Å². The second kappa shape index (κ2) is 3.93. The Labute approximate surface area is 80.8 Å². The Morgan fingerprint density at radius 3 is 2.46 bits per heavy atom. The summed E-state index contributed by atoms with van der Waals surface area (Å²) in [5.41, 5.74) is -0.0859. The number of nitrogens with zero attached hydrogens (tertiary/aromatic N) is 2. The maximum absolute atomic E-state index is 8.94. The van der Waals surface area contributed by atoms with Gasteiger partial charge < -0.3 is 0 Å². The molecule has 2 heteroatoms. The number of nitriles is 1. The van der Waals surface area contributed by atoms with Crippen LogP contribution in [-0.4, -0.2) is 24.0 Å². The molecule has 1 rings (SSSR count). The van der Waals surface area contributed by atoms with Crippen molar-refractivity contribution in [1.82, 2.24) is 4.90 Å². The van der Waals surface area contributed by atoms with Gasteiger partial charge in [0.1, 0.15) is 0 Å². The third kappa shape index (κ3) is 2.32. The lowest BCUT2D eigenvalue weighted by Crippen LogP contribution is -2.42. The first-order chi connectivity index (χ1) is 6.11. The number of likely N-dealkylation sites (tertiary alicyclic amines) is 1. The van der Waals surface area contributed by atoms with E-state index in [4.69, 9.17) is 5.26 Å². The summed E-state index contributed by atoms with van der Waals surface area (Å²) in [6, 6.07) is 2.85. The van der Waals surface area contributed by atoms with Crippen LogP contribution in [0.5, 0.6) is 0 Å². The molecule has 0 aromatic rings. The first kappa shape index (κ1) is 10.3. The fraction of sp³-hybridized carbons (Fsp3) is 0.727. The van der Waals surface area contributed by atoms with Crippen molar-refractivity contribution in [2.24, 2.45) is 5.41 Å². The summed E-state index contributed by atoms with van der Waals surface area (Å²) in [6.45, 7) is 10.0. The van der Waals surface area contributed by atoms with Crippen LogP contribution >= 0.6 is 0 Å². The second-order valence-electron chi connectivity index (χ2n) is 4.18. The Morgan fingerprint density at radius 1 is 1.54 bits per heavy atom. The van der Waals surface area contributed by atoms with Gasteiger partial charge in [-0.2, -0.15) is 5.26 Å². The molecule has 1 unspecified atom stereocenters. The quantitative estimate of drug-likeness (QED) is 0.606. The van der Waals surface area contributed by atoms with E-state index in [1.54, 1.807) is 0 Å². The fourth-order valence-electron chi connectivity index (χ4n) is 1.69. The van der Waals surface area contributed by atoms with Crippen molar-refractivity contribution in [3.63, 3.8) is 0 Å². The molecule has 1 saturated heterocycles. The molecule has 13 heavy (non-hydrogen) atoms. The van der Waals surface area contributed by atoms with Gasteiger partial charge in [-0.15, -0.1) is 6.58 Å². The lowest BCUT2D eigenvalue weighted by molar-refractivity contribution is 0.138. The minimum absolute atomic E-state index is 0.0859. The van der Waals surface area contributed by atoms with Crippen molar-refractivity contribution in [3.05, 3.63) is 12.7 Å². The minimum Gasteiger partial charge on any atom is -0.297 e. The van der Waals surface area contributed by atoms with Crippen LogP contribution in [0.15, 0.2) is 12.7 Å². The molecular formula is C11H18N2. The SMILES string of the molecule is C=CC(C)N1CCC(C)(C#N)CC1. The van der Waals surface area contributed by atoms with Crippen LogP contribution in [0.4, 0.5) is 0 Å². The average Bonchev–Trinajstić information content (AvgIpc) is 2.18. The summed E-state index contributed by atoms with van der Waals surface area (Å²) in [5, 5.41) is 8.94. The molecule has 1 aliphatic heterocycles. The van der Waals surface area contributed by atoms with Gasteiger partial charge in [0, 0.05) is 19.1 Å². The summed E-state index contributed by atoms with van der Waals surface area (Å²) < 4.78 is 0. The van der Waals surface area contributed by atoms with Crippen LogP contribution < -0.4 is 0 Å². The monoisotopic (exact) mass is 178 g/mol. The summed E-state index contributed by atoms with van der Waals surface area (Å²) in [4.78, 5) is 2.38. The van der Waals surface area contributed by atoms with Crippen molar-refractivity contribution < 1.29 is 0 Å². The second-order valence-corrected chi connectivity index (χ2v) is 4.18. The van der Waals surface area contributed by atoms with Crippen molar-refractivity contribution in [3.8, 4) is 6.07 Å². The van der Waals surface area contributed by atoms with Crippen LogP contribution in [0.2, 0.25) is 0 Å². The molecular weight excluding hydrogens is 160 g/mol. The molecule has 0 aromatic heterocycles. The molecule has 1 atom stereocenters. The van der Waals surface area contributed by atoms with E-state index in [9.17, 15) is 0 Å². The molecule has 0 aromatic carbocycles. The van der Waals surface area contributed by atoms with Crippen LogP contribution in [-0.2, 0) is 0 Å². The van der Waals surface area contributed by atoms with E-state index >= 15 is 0 Å². The predicted molar refractivity (Wildman–Crippen MR) is 54.2 cm³/mol. The summed E-state index contributed by atoms with van der Waals surface area (Å²) in [7, 11) is 0. The highest BCUT2D eigenvalue weighted by Crippen LogP contribution is 2.30. The van der Waals surface area contributed by atoms with Crippen LogP contribution in [0, 0.1) is 16.7 Å². The molecule has 0 N–H and O–H groups in total. The van der Waals surface area contributed by atoms with E-state index in [1.165, 1.54) is 0 Å². The van der Waals surface area contributed by atoms with Gasteiger partial charge in [0.25, 0.3) is 0 Å². The first-order valence-corrected chi connectivity index (χ1v) is 4.89. The van der Waals surface area contributed by atoms with E-state index < -0.39 is 0 Å². The van der Waals surface area contributed by atoms with Crippen molar-refractivity contribution in [2.45, 2.75) is 32.7 Å². The smallest absolute Gasteiger partial charge is 0.0687 e. The fourth-order valence-corrected chi connectivity index (χ4v) is 1.69. The zero-order chi connectivity index (χ0) is 9.90. The third-order valence-corrected chi connectivity index (χ3v) is 3.09. The maximum atomic E-state index is 8.94. The molecule has 1 heterocycles. The lowest BCUT2D eigenvalue weighted by Gasteiger charge is -2.37. The van der Waals surface area contributed by atoms with Gasteiger partial charge in [0.15, 0.2) is 0 Å². The molecule has 2 nitrogen and oxygen atoms in total. The van der Waals surface area contributed by atoms with E-state index in [0.29, 0.717) is 6.04 Å². The van der Waals surface area contributed by atoms with Crippen molar-refractivity contribution >= 4 is 0 Å². The number of hydrogen-bond acceptors (Lipinski definition) is 2. The van der Waals surface area contributed by atoms with E-state index in [-0.39, 0.29) is 5.41 Å². The topological polar surface area (TPSA) is 27.0 Å². The van der Waals surface area contributed by atoms with E-state index in [0.717, 1.165) is 25.9 Å². The summed E-state index contributed by atoms with van der Waals surface area (Å²) >= 11 is 0. The molecule has 1 fully saturated rings. The van der Waals surface area contributed by atoms with Crippen molar-refractivity contribution in [1.29, 1.82) is 5.26 Å². The zero-order valence-corrected chi connectivity index (χ0v) is 8.58. The summed E-state index contributed by atoms with van der Waals surface area (Å²) in [6.07, 6.45) is 3.94. The van der Waals surface area contributed by atoms with Gasteiger partial charge in [0.2, 0.25) is 0 Å². The molecule has 0 bridgehead atoms. The molecule has 72 valence electrons. The van der Waals surface area contributed by atoms with Gasteiger partial charge in [0.05, 0.1) is 11.5 Å². The Hall–Kier alpha value is -0.810. The molecule has 0 radical (unpaired) electrons. The third-order valence-electron chi connectivity index (χ3n) is 3.09. The largest absolute Gasteiger partial charge is 0.297 e. The number of rotatable bonds is 2. The number of piperidine rings is 1. The molecule has 0 amide bonds. The van der Waals surface area contributed by atoms with Gasteiger partial charge in [-0.25, -0.2) is 0 Å². The standard InChI is InChI=1S/C11H18N2/c1-4-10(2)13-7-5-11(3,9-12)6-8-13/h4,10H,1,5-8H2,2-3H3. The van der Waals surface area contributed by atoms with Crippen LogP contribution in [0.25, 0.3) is 0 Å². The van der Waals surface area contributed by atoms with Crippen LogP contribution in [0.1, 0.15) is 26.7 Å². The normalized spacial score (nSPS) is 24.7. The molecule has 0 aliphatic carbocycles. The Bertz CT molecular complexity index is 219. The average molecular weight is 178 g/mol.